The average Bonchev–Trinajstić information content (AvgIpc) is 2.01. The van der Waals surface area contributed by atoms with Gasteiger partial charge in [0.1, 0.15) is 0 Å². The van der Waals surface area contributed by atoms with Crippen LogP contribution in [0, 0.1) is 0 Å². The third-order valence-corrected chi connectivity index (χ3v) is 1.69. The van der Waals surface area contributed by atoms with Crippen LogP contribution in [0.25, 0.3) is 0 Å². The number of carbonyl (C=O) groups is 1. The van der Waals surface area contributed by atoms with E-state index >= 15 is 0 Å². The highest BCUT2D eigenvalue weighted by molar-refractivity contribution is 5.95. The minimum Gasteiger partial charge on any atom is -0.399 e. The van der Waals surface area contributed by atoms with E-state index in [1.165, 1.54) is 13.0 Å². The van der Waals surface area contributed by atoms with Crippen molar-refractivity contribution in [2.45, 2.75) is 13.1 Å². The molecule has 1 aromatic rings. The molecule has 2 N–H and O–H groups in total. The number of anilines is 1. The lowest BCUT2D eigenvalue weighted by Crippen LogP contribution is -2.07. The van der Waals surface area contributed by atoms with Crippen molar-refractivity contribution in [1.82, 2.24) is 0 Å². The number of nitrogen functional groups attached to an aromatic ring is 1. The second kappa shape index (κ2) is 3.32. The SMILES string of the molecule is CC(=O)c1cc(N)cc(C(F)(F)F)c1. The highest BCUT2D eigenvalue weighted by Crippen LogP contribution is 2.31. The lowest BCUT2D eigenvalue weighted by Gasteiger charge is -2.08. The van der Waals surface area contributed by atoms with Crippen molar-refractivity contribution in [2.75, 3.05) is 5.73 Å². The molecule has 0 aliphatic heterocycles. The van der Waals surface area contributed by atoms with E-state index in [1.54, 1.807) is 0 Å². The van der Waals surface area contributed by atoms with Crippen LogP contribution in [0.2, 0.25) is 0 Å². The van der Waals surface area contributed by atoms with E-state index < -0.39 is 17.5 Å². The normalized spacial score (nSPS) is 11.4. The van der Waals surface area contributed by atoms with E-state index in [9.17, 15) is 18.0 Å². The van der Waals surface area contributed by atoms with Gasteiger partial charge in [0, 0.05) is 11.3 Å². The van der Waals surface area contributed by atoms with Crippen molar-refractivity contribution in [2.24, 2.45) is 0 Å². The number of rotatable bonds is 1. The van der Waals surface area contributed by atoms with Crippen molar-refractivity contribution in [3.8, 4) is 0 Å². The van der Waals surface area contributed by atoms with Gasteiger partial charge in [-0.05, 0) is 25.1 Å². The minimum atomic E-state index is -4.47. The van der Waals surface area contributed by atoms with Gasteiger partial charge in [0.2, 0.25) is 0 Å². The maximum atomic E-state index is 12.2. The number of hydrogen-bond acceptors (Lipinski definition) is 2. The van der Waals surface area contributed by atoms with Crippen LogP contribution in [0.15, 0.2) is 18.2 Å². The van der Waals surface area contributed by atoms with Gasteiger partial charge in [0.05, 0.1) is 5.56 Å². The van der Waals surface area contributed by atoms with E-state index in [0.717, 1.165) is 12.1 Å². The highest BCUT2D eigenvalue weighted by Gasteiger charge is 2.31. The van der Waals surface area contributed by atoms with Gasteiger partial charge in [-0.2, -0.15) is 13.2 Å². The molecule has 0 aromatic heterocycles. The van der Waals surface area contributed by atoms with Gasteiger partial charge in [-0.25, -0.2) is 0 Å². The van der Waals surface area contributed by atoms with Gasteiger partial charge in [0.25, 0.3) is 0 Å². The molecule has 0 aliphatic rings. The summed E-state index contributed by atoms with van der Waals surface area (Å²) in [5.41, 5.74) is 4.25. The van der Waals surface area contributed by atoms with Crippen LogP contribution >= 0.6 is 0 Å². The Hall–Kier alpha value is -1.52. The van der Waals surface area contributed by atoms with Crippen LogP contribution < -0.4 is 5.73 Å². The van der Waals surface area contributed by atoms with Crippen LogP contribution in [-0.2, 0) is 6.18 Å². The highest BCUT2D eigenvalue weighted by atomic mass is 19.4. The summed E-state index contributed by atoms with van der Waals surface area (Å²) in [6.07, 6.45) is -4.47. The molecule has 0 saturated heterocycles. The van der Waals surface area contributed by atoms with Crippen LogP contribution in [0.4, 0.5) is 18.9 Å². The molecule has 0 amide bonds. The first-order valence-corrected chi connectivity index (χ1v) is 3.79. The Kier molecular flexibility index (Phi) is 2.51. The Morgan fingerprint density at radius 3 is 2.29 bits per heavy atom. The fraction of sp³-hybridized carbons (Fsp3) is 0.222. The molecule has 14 heavy (non-hydrogen) atoms. The van der Waals surface area contributed by atoms with Gasteiger partial charge in [-0.1, -0.05) is 0 Å². The Bertz CT molecular complexity index is 371. The molecular formula is C9H8F3NO. The molecule has 5 heteroatoms. The summed E-state index contributed by atoms with van der Waals surface area (Å²) in [6, 6.07) is 2.81. The molecule has 0 saturated carbocycles. The molecule has 0 spiro atoms. The predicted molar refractivity (Wildman–Crippen MR) is 45.9 cm³/mol. The number of alkyl halides is 3. The molecule has 1 aromatic carbocycles. The fourth-order valence-corrected chi connectivity index (χ4v) is 1.02. The minimum absolute atomic E-state index is 0.0303. The molecular weight excluding hydrogens is 195 g/mol. The van der Waals surface area contributed by atoms with Crippen molar-refractivity contribution in [1.29, 1.82) is 0 Å². The lowest BCUT2D eigenvalue weighted by molar-refractivity contribution is -0.137. The number of benzene rings is 1. The standard InChI is InChI=1S/C9H8F3NO/c1-5(14)6-2-7(9(10,11)12)4-8(13)3-6/h2-4H,13H2,1H3. The zero-order valence-corrected chi connectivity index (χ0v) is 7.35. The summed E-state index contributed by atoms with van der Waals surface area (Å²) < 4.78 is 36.7. The van der Waals surface area contributed by atoms with Gasteiger partial charge >= 0.3 is 6.18 Å². The first-order chi connectivity index (χ1) is 6.30. The van der Waals surface area contributed by atoms with Crippen LogP contribution in [-0.4, -0.2) is 5.78 Å². The molecule has 0 fully saturated rings. The van der Waals surface area contributed by atoms with Crippen LogP contribution in [0.1, 0.15) is 22.8 Å². The molecule has 76 valence electrons. The van der Waals surface area contributed by atoms with E-state index in [4.69, 9.17) is 5.73 Å². The van der Waals surface area contributed by atoms with Gasteiger partial charge in [0.15, 0.2) is 5.78 Å². The molecule has 0 aliphatic carbocycles. The summed E-state index contributed by atoms with van der Waals surface area (Å²) in [5.74, 6) is -0.442. The zero-order chi connectivity index (χ0) is 10.9. The number of ketones is 1. The summed E-state index contributed by atoms with van der Waals surface area (Å²) in [5, 5.41) is 0. The van der Waals surface area contributed by atoms with Crippen molar-refractivity contribution in [3.05, 3.63) is 29.3 Å². The quantitative estimate of drug-likeness (QED) is 0.562. The topological polar surface area (TPSA) is 43.1 Å². The monoisotopic (exact) mass is 203 g/mol. The van der Waals surface area contributed by atoms with Gasteiger partial charge in [-0.3, -0.25) is 4.79 Å². The number of carbonyl (C=O) groups excluding carboxylic acids is 1. The maximum absolute atomic E-state index is 12.2. The maximum Gasteiger partial charge on any atom is 0.416 e. The van der Waals surface area contributed by atoms with E-state index in [2.05, 4.69) is 0 Å². The Morgan fingerprint density at radius 2 is 1.86 bits per heavy atom. The van der Waals surface area contributed by atoms with Crippen LogP contribution in [0.5, 0.6) is 0 Å². The number of Topliss-reactive ketones (excluding diaryl/α,β-unsaturated/α-hetero) is 1. The third-order valence-electron chi connectivity index (χ3n) is 1.69. The third kappa shape index (κ3) is 2.25. The number of nitrogens with two attached hydrogens (primary N) is 1. The van der Waals surface area contributed by atoms with Crippen molar-refractivity contribution < 1.29 is 18.0 Å². The summed E-state index contributed by atoms with van der Waals surface area (Å²) >= 11 is 0. The van der Waals surface area contributed by atoms with Crippen LogP contribution in [0.3, 0.4) is 0 Å². The first-order valence-electron chi connectivity index (χ1n) is 3.79. The average molecular weight is 203 g/mol. The van der Waals surface area contributed by atoms with Gasteiger partial charge < -0.3 is 5.73 Å². The molecule has 0 atom stereocenters. The Labute approximate surface area is 78.5 Å². The van der Waals surface area contributed by atoms with E-state index in [1.807, 2.05) is 0 Å². The zero-order valence-electron chi connectivity index (χ0n) is 7.35. The molecule has 1 rings (SSSR count). The summed E-state index contributed by atoms with van der Waals surface area (Å²) in [4.78, 5) is 10.9. The molecule has 2 nitrogen and oxygen atoms in total. The molecule has 0 radical (unpaired) electrons. The molecule has 0 bridgehead atoms. The second-order valence-electron chi connectivity index (χ2n) is 2.90. The number of halogens is 3. The first kappa shape index (κ1) is 10.6. The van der Waals surface area contributed by atoms with E-state index in [0.29, 0.717) is 0 Å². The largest absolute Gasteiger partial charge is 0.416 e. The van der Waals surface area contributed by atoms with Gasteiger partial charge in [-0.15, -0.1) is 0 Å². The second-order valence-corrected chi connectivity index (χ2v) is 2.90. The predicted octanol–water partition coefficient (Wildman–Crippen LogP) is 2.49. The summed E-state index contributed by atoms with van der Waals surface area (Å²) in [7, 11) is 0. The lowest BCUT2D eigenvalue weighted by atomic mass is 10.1. The summed E-state index contributed by atoms with van der Waals surface area (Å²) in [6.45, 7) is 1.19. The van der Waals surface area contributed by atoms with Crippen molar-refractivity contribution >= 4 is 11.5 Å². The smallest absolute Gasteiger partial charge is 0.399 e. The Balaban J connectivity index is 3.28. The fourth-order valence-electron chi connectivity index (χ4n) is 1.02. The van der Waals surface area contributed by atoms with Crippen molar-refractivity contribution in [3.63, 3.8) is 0 Å². The molecule has 0 unspecified atom stereocenters. The number of hydrogen-bond donors (Lipinski definition) is 1. The molecule has 0 heterocycles. The van der Waals surface area contributed by atoms with E-state index in [-0.39, 0.29) is 11.3 Å². The Morgan fingerprint density at radius 1 is 1.29 bits per heavy atom.